The van der Waals surface area contributed by atoms with E-state index in [2.05, 4.69) is 10.6 Å². The van der Waals surface area contributed by atoms with Crippen molar-refractivity contribution in [3.63, 3.8) is 0 Å². The van der Waals surface area contributed by atoms with Gasteiger partial charge in [0.25, 0.3) is 11.8 Å². The van der Waals surface area contributed by atoms with Crippen molar-refractivity contribution in [2.24, 2.45) is 0 Å². The van der Waals surface area contributed by atoms with Gasteiger partial charge in [-0.05, 0) is 26.0 Å². The average Bonchev–Trinajstić information content (AvgIpc) is 2.50. The molecule has 3 rings (SSSR count). The van der Waals surface area contributed by atoms with Gasteiger partial charge in [0.15, 0.2) is 0 Å². The second-order valence-corrected chi connectivity index (χ2v) is 6.86. The third-order valence-electron chi connectivity index (χ3n) is 3.17. The lowest BCUT2D eigenvalue weighted by Gasteiger charge is -2.24. The summed E-state index contributed by atoms with van der Waals surface area (Å²) >= 11 is 2.67. The van der Waals surface area contributed by atoms with Crippen LogP contribution in [-0.4, -0.2) is 11.8 Å². The van der Waals surface area contributed by atoms with Crippen LogP contribution in [-0.2, 0) is 9.59 Å². The molecule has 0 aromatic heterocycles. The Morgan fingerprint density at radius 1 is 1.00 bits per heavy atom. The molecule has 0 radical (unpaired) electrons. The zero-order valence-corrected chi connectivity index (χ0v) is 13.7. The molecule has 112 valence electrons. The van der Waals surface area contributed by atoms with Crippen LogP contribution in [0.15, 0.2) is 61.7 Å². The van der Waals surface area contributed by atoms with E-state index in [0.717, 1.165) is 21.2 Å². The summed E-state index contributed by atoms with van der Waals surface area (Å²) in [5, 5.41) is 5.66. The van der Waals surface area contributed by atoms with E-state index < -0.39 is 0 Å². The number of amides is 2. The molecule has 0 saturated heterocycles. The van der Waals surface area contributed by atoms with Gasteiger partial charge in [-0.3, -0.25) is 9.59 Å². The molecule has 0 unspecified atom stereocenters. The van der Waals surface area contributed by atoms with E-state index in [9.17, 15) is 9.59 Å². The zero-order valence-electron chi connectivity index (χ0n) is 12.1. The lowest BCUT2D eigenvalue weighted by molar-refractivity contribution is -0.117. The van der Waals surface area contributed by atoms with Crippen LogP contribution in [0.2, 0.25) is 0 Å². The molecule has 22 heavy (non-hydrogen) atoms. The molecule has 1 aromatic rings. The van der Waals surface area contributed by atoms with E-state index in [1.807, 2.05) is 50.3 Å². The van der Waals surface area contributed by atoms with Gasteiger partial charge in [0, 0.05) is 15.5 Å². The van der Waals surface area contributed by atoms with Gasteiger partial charge in [0.05, 0.1) is 15.5 Å². The Labute approximate surface area is 137 Å². The summed E-state index contributed by atoms with van der Waals surface area (Å²) < 4.78 is 0. The number of rotatable bonds is 1. The molecule has 0 bridgehead atoms. The van der Waals surface area contributed by atoms with Crippen LogP contribution >= 0.6 is 23.5 Å². The molecule has 0 atom stereocenters. The number of hydrogen-bond acceptors (Lipinski definition) is 4. The van der Waals surface area contributed by atoms with Crippen molar-refractivity contribution in [3.05, 3.63) is 56.8 Å². The highest BCUT2D eigenvalue weighted by molar-refractivity contribution is 8.10. The third-order valence-corrected chi connectivity index (χ3v) is 5.72. The Balaban J connectivity index is 2.03. The zero-order chi connectivity index (χ0) is 15.7. The highest BCUT2D eigenvalue weighted by Gasteiger charge is 2.30. The predicted molar refractivity (Wildman–Crippen MR) is 91.2 cm³/mol. The molecule has 0 saturated carbocycles. The molecule has 0 aliphatic carbocycles. The van der Waals surface area contributed by atoms with Crippen molar-refractivity contribution >= 4 is 41.0 Å². The molecular formula is C16H14N2O2S2. The van der Waals surface area contributed by atoms with Crippen LogP contribution in [0.1, 0.15) is 13.8 Å². The number of para-hydroxylation sites is 1. The SMILES string of the molecule is C/C=C\C1=C(C)NC(=O)/C(=C2/Sc3ccccc3NC2=O)S1. The van der Waals surface area contributed by atoms with Crippen molar-refractivity contribution in [2.75, 3.05) is 5.32 Å². The quantitative estimate of drug-likeness (QED) is 0.772. The minimum Gasteiger partial charge on any atom is -0.324 e. The van der Waals surface area contributed by atoms with Crippen LogP contribution in [0.5, 0.6) is 0 Å². The molecule has 0 spiro atoms. The molecule has 2 N–H and O–H groups in total. The Hall–Kier alpha value is -1.92. The molecule has 4 nitrogen and oxygen atoms in total. The summed E-state index contributed by atoms with van der Waals surface area (Å²) in [6.07, 6.45) is 3.84. The fourth-order valence-electron chi connectivity index (χ4n) is 2.13. The maximum absolute atomic E-state index is 12.3. The number of benzene rings is 1. The normalized spacial score (nSPS) is 21.7. The fraction of sp³-hybridized carbons (Fsp3) is 0.125. The van der Waals surface area contributed by atoms with Crippen molar-refractivity contribution in [3.8, 4) is 0 Å². The Morgan fingerprint density at radius 2 is 1.68 bits per heavy atom. The second-order valence-electron chi connectivity index (χ2n) is 4.76. The Kier molecular flexibility index (Phi) is 4.13. The van der Waals surface area contributed by atoms with Gasteiger partial charge < -0.3 is 10.6 Å². The van der Waals surface area contributed by atoms with Crippen LogP contribution in [0, 0.1) is 0 Å². The first kappa shape index (κ1) is 15.0. The number of hydrogen-bond donors (Lipinski definition) is 2. The van der Waals surface area contributed by atoms with Gasteiger partial charge in [-0.15, -0.1) is 0 Å². The van der Waals surface area contributed by atoms with Crippen molar-refractivity contribution in [1.82, 2.24) is 5.32 Å². The maximum Gasteiger partial charge on any atom is 0.263 e. The lowest BCUT2D eigenvalue weighted by atomic mass is 10.3. The number of thioether (sulfide) groups is 2. The first-order valence-corrected chi connectivity index (χ1v) is 8.38. The summed E-state index contributed by atoms with van der Waals surface area (Å²) in [6, 6.07) is 7.56. The summed E-state index contributed by atoms with van der Waals surface area (Å²) in [5.41, 5.74) is 1.59. The standard InChI is InChI=1S/C16H14N2O2S2/c1-3-6-11-9(2)17-15(19)13(21-11)14-16(20)18-10-7-4-5-8-12(10)22-14/h3-8H,1-2H3,(H,17,19)(H,18,20)/b6-3-,14-13-. The smallest absolute Gasteiger partial charge is 0.263 e. The Bertz CT molecular complexity index is 763. The van der Waals surface area contributed by atoms with Crippen molar-refractivity contribution in [1.29, 1.82) is 0 Å². The van der Waals surface area contributed by atoms with Gasteiger partial charge in [0.2, 0.25) is 0 Å². The van der Waals surface area contributed by atoms with Crippen molar-refractivity contribution in [2.45, 2.75) is 18.7 Å². The molecule has 2 aliphatic heterocycles. The molecule has 2 amide bonds. The van der Waals surface area contributed by atoms with Crippen LogP contribution < -0.4 is 10.6 Å². The number of allylic oxidation sites excluding steroid dienone is 3. The van der Waals surface area contributed by atoms with Gasteiger partial charge in [-0.2, -0.15) is 0 Å². The van der Waals surface area contributed by atoms with Crippen LogP contribution in [0.3, 0.4) is 0 Å². The second kappa shape index (κ2) is 6.06. The predicted octanol–water partition coefficient (Wildman–Crippen LogP) is 3.61. The van der Waals surface area contributed by atoms with E-state index >= 15 is 0 Å². The lowest BCUT2D eigenvalue weighted by Crippen LogP contribution is -2.29. The molecule has 6 heteroatoms. The number of anilines is 1. The van der Waals surface area contributed by atoms with E-state index in [0.29, 0.717) is 9.81 Å². The van der Waals surface area contributed by atoms with Gasteiger partial charge in [-0.25, -0.2) is 0 Å². The highest BCUT2D eigenvalue weighted by atomic mass is 32.2. The van der Waals surface area contributed by atoms with E-state index in [1.165, 1.54) is 23.5 Å². The molecule has 0 fully saturated rings. The van der Waals surface area contributed by atoms with Crippen molar-refractivity contribution < 1.29 is 9.59 Å². The van der Waals surface area contributed by atoms with Gasteiger partial charge in [0.1, 0.15) is 0 Å². The minimum atomic E-state index is -0.235. The first-order valence-electron chi connectivity index (χ1n) is 6.75. The van der Waals surface area contributed by atoms with Crippen LogP contribution in [0.4, 0.5) is 5.69 Å². The molecule has 2 aliphatic rings. The third kappa shape index (κ3) is 2.71. The summed E-state index contributed by atoms with van der Waals surface area (Å²) in [6.45, 7) is 3.77. The topological polar surface area (TPSA) is 58.2 Å². The summed E-state index contributed by atoms with van der Waals surface area (Å²) in [4.78, 5) is 27.4. The maximum atomic E-state index is 12.3. The highest BCUT2D eigenvalue weighted by Crippen LogP contribution is 2.44. The summed E-state index contributed by atoms with van der Waals surface area (Å²) in [7, 11) is 0. The largest absolute Gasteiger partial charge is 0.324 e. The van der Waals surface area contributed by atoms with E-state index in [4.69, 9.17) is 0 Å². The van der Waals surface area contributed by atoms with E-state index in [-0.39, 0.29) is 11.8 Å². The van der Waals surface area contributed by atoms with E-state index in [1.54, 1.807) is 0 Å². The molecular weight excluding hydrogens is 316 g/mol. The minimum absolute atomic E-state index is 0.229. The average molecular weight is 330 g/mol. The van der Waals surface area contributed by atoms with Crippen LogP contribution in [0.25, 0.3) is 0 Å². The molecule has 1 aromatic carbocycles. The first-order chi connectivity index (χ1) is 10.6. The fourth-order valence-corrected chi connectivity index (χ4v) is 4.26. The van der Waals surface area contributed by atoms with Gasteiger partial charge in [-0.1, -0.05) is 47.8 Å². The Morgan fingerprint density at radius 3 is 2.45 bits per heavy atom. The summed E-state index contributed by atoms with van der Waals surface area (Å²) in [5.74, 6) is -0.464. The number of nitrogens with one attached hydrogen (secondary N) is 2. The van der Waals surface area contributed by atoms with Gasteiger partial charge >= 0.3 is 0 Å². The number of fused-ring (bicyclic) bond motifs is 1. The molecule has 2 heterocycles. The monoisotopic (exact) mass is 330 g/mol. The number of carbonyl (C=O) groups excluding carboxylic acids is 2. The number of carbonyl (C=O) groups is 2.